The number of nitrogens with one attached hydrogen (secondary N) is 1. The van der Waals surface area contributed by atoms with Crippen LogP contribution in [0.1, 0.15) is 85.6 Å². The van der Waals surface area contributed by atoms with Gasteiger partial charge in [0.1, 0.15) is 11.5 Å². The molecule has 0 radical (unpaired) electrons. The maximum atomic E-state index is 13.7. The second kappa shape index (κ2) is 15.8. The Bertz CT molecular complexity index is 1780. The zero-order chi connectivity index (χ0) is 33.4. The number of ketones is 2. The number of Topliss-reactive ketones (excluding diaryl/α,β-unsaturated/α-hetero) is 1. The molecular weight excluding hydrogens is 617 g/mol. The Hall–Kier alpha value is -3.82. The number of aromatic nitrogens is 1. The smallest absolute Gasteiger partial charge is 0.411 e. The van der Waals surface area contributed by atoms with Crippen LogP contribution in [0, 0.1) is 5.92 Å². The number of oxime groups is 1. The van der Waals surface area contributed by atoms with Gasteiger partial charge in [-0.1, -0.05) is 31.3 Å². The maximum absolute atomic E-state index is 13.7. The van der Waals surface area contributed by atoms with E-state index in [4.69, 9.17) is 13.6 Å². The van der Waals surface area contributed by atoms with E-state index in [0.29, 0.717) is 29.0 Å². The summed E-state index contributed by atoms with van der Waals surface area (Å²) in [5.74, 6) is 0.398. The Balaban J connectivity index is 1.46. The molecular formula is C36H44N3O7P. The zero-order valence-electron chi connectivity index (χ0n) is 27.4. The first kappa shape index (κ1) is 34.5. The minimum absolute atomic E-state index is 0.156. The summed E-state index contributed by atoms with van der Waals surface area (Å²) < 4.78 is 31.0. The lowest BCUT2D eigenvalue weighted by Gasteiger charge is -2.27. The van der Waals surface area contributed by atoms with Gasteiger partial charge in [0.05, 0.1) is 13.2 Å². The van der Waals surface area contributed by atoms with Crippen molar-refractivity contribution in [2.24, 2.45) is 11.1 Å². The van der Waals surface area contributed by atoms with E-state index in [0.717, 1.165) is 73.5 Å². The molecule has 0 bridgehead atoms. The highest BCUT2D eigenvalue weighted by Crippen LogP contribution is 2.49. The van der Waals surface area contributed by atoms with Gasteiger partial charge in [0.2, 0.25) is 5.78 Å². The molecule has 5 rings (SSSR count). The zero-order valence-corrected chi connectivity index (χ0v) is 28.3. The Labute approximate surface area is 275 Å². The van der Waals surface area contributed by atoms with E-state index >= 15 is 0 Å². The summed E-state index contributed by atoms with van der Waals surface area (Å²) in [6, 6.07) is 17.7. The third-order valence-corrected chi connectivity index (χ3v) is 10.2. The molecule has 4 aromatic rings. The van der Waals surface area contributed by atoms with Gasteiger partial charge in [-0.3, -0.25) is 18.6 Å². The number of aryl methyl sites for hydroxylation is 1. The highest BCUT2D eigenvalue weighted by atomic mass is 31.2. The lowest BCUT2D eigenvalue weighted by atomic mass is 9.98. The molecule has 0 unspecified atom stereocenters. The Morgan fingerprint density at radius 3 is 2.06 bits per heavy atom. The van der Waals surface area contributed by atoms with Gasteiger partial charge < -0.3 is 19.6 Å². The lowest BCUT2D eigenvalue weighted by molar-refractivity contribution is 0.103. The first-order chi connectivity index (χ1) is 22.8. The Morgan fingerprint density at radius 1 is 0.872 bits per heavy atom. The molecule has 0 saturated carbocycles. The van der Waals surface area contributed by atoms with Gasteiger partial charge in [-0.15, -0.1) is 0 Å². The number of hydrogen-bond donors (Lipinski definition) is 2. The standard InChI is InChI=1S/C36H44N3O7P/c1-4-7-8-9-10-32(38-42)36(41)28-14-18-34-31(22-28)30-21-27(13-17-33(30)39(34)20-19-25-23-37-24-25)35(40)26-11-15-29(16-12-26)46-47(43,44-5-2)45-6-3/h11-18,21-22,25,37,42H,4-10,19-20,23-24H2,1-3H3/b38-32-. The fraction of sp³-hybridized carbons (Fsp3) is 0.417. The molecule has 0 aliphatic carbocycles. The van der Waals surface area contributed by atoms with Crippen LogP contribution in [0.5, 0.6) is 5.75 Å². The average molecular weight is 662 g/mol. The number of unbranched alkanes of at least 4 members (excludes halogenated alkanes) is 3. The second-order valence-electron chi connectivity index (χ2n) is 11.8. The second-order valence-corrected chi connectivity index (χ2v) is 13.4. The van der Waals surface area contributed by atoms with Crippen molar-refractivity contribution in [2.75, 3.05) is 26.3 Å². The van der Waals surface area contributed by atoms with E-state index in [1.165, 1.54) is 0 Å². The van der Waals surface area contributed by atoms with Crippen LogP contribution in [0.3, 0.4) is 0 Å². The molecule has 2 N–H and O–H groups in total. The molecule has 11 heteroatoms. The van der Waals surface area contributed by atoms with Gasteiger partial charge in [-0.2, -0.15) is 0 Å². The predicted molar refractivity (Wildman–Crippen MR) is 184 cm³/mol. The fourth-order valence-electron chi connectivity index (χ4n) is 5.96. The highest BCUT2D eigenvalue weighted by Gasteiger charge is 2.27. The summed E-state index contributed by atoms with van der Waals surface area (Å²) in [6.07, 6.45) is 5.33. The molecule has 250 valence electrons. The number of phosphoric ester groups is 1. The van der Waals surface area contributed by atoms with E-state index in [-0.39, 0.29) is 36.2 Å². The van der Waals surface area contributed by atoms with E-state index < -0.39 is 7.82 Å². The van der Waals surface area contributed by atoms with E-state index in [1.54, 1.807) is 44.2 Å². The van der Waals surface area contributed by atoms with Crippen molar-refractivity contribution in [1.82, 2.24) is 9.88 Å². The minimum atomic E-state index is -3.76. The fourth-order valence-corrected chi connectivity index (χ4v) is 7.15. The van der Waals surface area contributed by atoms with Crippen LogP contribution in [0.2, 0.25) is 0 Å². The Morgan fingerprint density at radius 2 is 1.49 bits per heavy atom. The predicted octanol–water partition coefficient (Wildman–Crippen LogP) is 8.18. The van der Waals surface area contributed by atoms with Crippen molar-refractivity contribution in [3.8, 4) is 5.75 Å². The van der Waals surface area contributed by atoms with Crippen LogP contribution in [-0.4, -0.2) is 53.4 Å². The number of carbonyl (C=O) groups is 2. The van der Waals surface area contributed by atoms with Crippen molar-refractivity contribution in [3.05, 3.63) is 77.4 Å². The van der Waals surface area contributed by atoms with Crippen LogP contribution in [0.25, 0.3) is 21.8 Å². The molecule has 0 atom stereocenters. The van der Waals surface area contributed by atoms with Crippen LogP contribution in [0.15, 0.2) is 65.8 Å². The third kappa shape index (κ3) is 8.01. The van der Waals surface area contributed by atoms with Crippen molar-refractivity contribution in [1.29, 1.82) is 0 Å². The maximum Gasteiger partial charge on any atom is 0.530 e. The van der Waals surface area contributed by atoms with Crippen molar-refractivity contribution in [3.63, 3.8) is 0 Å². The lowest BCUT2D eigenvalue weighted by Crippen LogP contribution is -2.42. The normalized spacial score (nSPS) is 14.1. The van der Waals surface area contributed by atoms with Gasteiger partial charge >= 0.3 is 7.82 Å². The minimum Gasteiger partial charge on any atom is -0.411 e. The number of rotatable bonds is 18. The van der Waals surface area contributed by atoms with Gasteiger partial charge in [0, 0.05) is 45.0 Å². The number of carbonyl (C=O) groups excluding carboxylic acids is 2. The molecule has 1 aromatic heterocycles. The molecule has 10 nitrogen and oxygen atoms in total. The monoisotopic (exact) mass is 661 g/mol. The highest BCUT2D eigenvalue weighted by molar-refractivity contribution is 7.48. The van der Waals surface area contributed by atoms with Crippen LogP contribution < -0.4 is 9.84 Å². The van der Waals surface area contributed by atoms with E-state index in [2.05, 4.69) is 22.0 Å². The number of fused-ring (bicyclic) bond motifs is 3. The summed E-state index contributed by atoms with van der Waals surface area (Å²) in [7, 11) is -3.76. The molecule has 1 aliphatic heterocycles. The van der Waals surface area contributed by atoms with Gasteiger partial charge in [-0.05, 0) is 113 Å². The average Bonchev–Trinajstić information content (AvgIpc) is 3.36. The van der Waals surface area contributed by atoms with Gasteiger partial charge in [0.15, 0.2) is 5.78 Å². The number of phosphoric acid groups is 1. The molecule has 0 spiro atoms. The van der Waals surface area contributed by atoms with Crippen LogP contribution in [-0.2, 0) is 20.2 Å². The molecule has 2 heterocycles. The van der Waals surface area contributed by atoms with Crippen molar-refractivity contribution < 1.29 is 32.9 Å². The number of nitrogens with zero attached hydrogens (tertiary/aromatic N) is 2. The summed E-state index contributed by atoms with van der Waals surface area (Å²) >= 11 is 0. The number of benzene rings is 3. The summed E-state index contributed by atoms with van der Waals surface area (Å²) in [6.45, 7) is 8.67. The summed E-state index contributed by atoms with van der Waals surface area (Å²) in [4.78, 5) is 27.1. The van der Waals surface area contributed by atoms with Gasteiger partial charge in [0.25, 0.3) is 0 Å². The SMILES string of the molecule is CCCCCC/C(=N/O)C(=O)c1ccc2c(c1)c1cc(C(=O)c3ccc(OP(=O)(OCC)OCC)cc3)ccc1n2CCC1CNC1. The van der Waals surface area contributed by atoms with Gasteiger partial charge in [-0.25, -0.2) is 4.57 Å². The molecule has 1 aliphatic rings. The molecule has 1 fully saturated rings. The number of hydrogen-bond acceptors (Lipinski definition) is 9. The summed E-state index contributed by atoms with van der Waals surface area (Å²) in [5.41, 5.74) is 3.50. The largest absolute Gasteiger partial charge is 0.530 e. The van der Waals surface area contributed by atoms with Crippen LogP contribution >= 0.6 is 7.82 Å². The van der Waals surface area contributed by atoms with Crippen molar-refractivity contribution in [2.45, 2.75) is 65.8 Å². The quantitative estimate of drug-likeness (QED) is 0.0273. The van der Waals surface area contributed by atoms with E-state index in [1.807, 2.05) is 30.3 Å². The molecule has 0 amide bonds. The Kier molecular flexibility index (Phi) is 11.6. The first-order valence-corrected chi connectivity index (χ1v) is 18.0. The van der Waals surface area contributed by atoms with Crippen LogP contribution in [0.4, 0.5) is 0 Å². The summed E-state index contributed by atoms with van der Waals surface area (Å²) in [5, 5.41) is 18.1. The first-order valence-electron chi connectivity index (χ1n) is 16.6. The van der Waals surface area contributed by atoms with Crippen molar-refractivity contribution >= 4 is 46.9 Å². The molecule has 1 saturated heterocycles. The van der Waals surface area contributed by atoms with E-state index in [9.17, 15) is 19.4 Å². The molecule has 47 heavy (non-hydrogen) atoms. The third-order valence-electron chi connectivity index (χ3n) is 8.57. The molecule has 3 aromatic carbocycles. The topological polar surface area (TPSA) is 128 Å².